The van der Waals surface area contributed by atoms with Crippen molar-refractivity contribution < 1.29 is 4.92 Å². The molecule has 4 rings (SSSR count). The van der Waals surface area contributed by atoms with Crippen LogP contribution in [0.15, 0.2) is 54.6 Å². The van der Waals surface area contributed by atoms with Crippen molar-refractivity contribution in [2.24, 2.45) is 0 Å². The fraction of sp³-hybridized carbons (Fsp3) is 0. The normalized spacial score (nSPS) is 11.4. The number of fused-ring (bicyclic) bond motifs is 5. The maximum Gasteiger partial charge on any atom is 0.325 e. The number of benzene rings is 3. The summed E-state index contributed by atoms with van der Waals surface area (Å²) in [4.78, 5) is 10.7. The van der Waals surface area contributed by atoms with Gasteiger partial charge in [-0.05, 0) is 16.2 Å². The van der Waals surface area contributed by atoms with E-state index in [0.717, 1.165) is 31.6 Å². The van der Waals surface area contributed by atoms with Gasteiger partial charge in [-0.3, -0.25) is 10.1 Å². The molecule has 1 aromatic heterocycles. The van der Waals surface area contributed by atoms with Gasteiger partial charge in [0.05, 0.1) is 4.92 Å². The summed E-state index contributed by atoms with van der Waals surface area (Å²) in [6.45, 7) is 0. The lowest BCUT2D eigenvalue weighted by Gasteiger charge is -2.04. The third kappa shape index (κ3) is 1.52. The van der Waals surface area contributed by atoms with Gasteiger partial charge in [0.15, 0.2) is 0 Å². The van der Waals surface area contributed by atoms with E-state index in [9.17, 15) is 10.1 Å². The predicted molar refractivity (Wildman–Crippen MR) is 83.5 cm³/mol. The molecule has 0 N–H and O–H groups in total. The molecule has 0 saturated carbocycles. The number of nitrogens with zero attached hydrogens (tertiary/aromatic N) is 1. The molecule has 4 aromatic rings. The molecule has 96 valence electrons. The zero-order valence-electron chi connectivity index (χ0n) is 10.4. The van der Waals surface area contributed by atoms with Gasteiger partial charge in [0.1, 0.15) is 0 Å². The lowest BCUT2D eigenvalue weighted by atomic mass is 10.0. The van der Waals surface area contributed by atoms with Crippen LogP contribution in [0.3, 0.4) is 0 Å². The summed E-state index contributed by atoms with van der Waals surface area (Å²) >= 11 is 1.25. The van der Waals surface area contributed by atoms with Gasteiger partial charge in [-0.15, -0.1) is 0 Å². The third-order valence-corrected chi connectivity index (χ3v) is 4.68. The monoisotopic (exact) mass is 279 g/mol. The molecule has 0 spiro atoms. The Balaban J connectivity index is 2.26. The lowest BCUT2D eigenvalue weighted by Crippen LogP contribution is -1.80. The van der Waals surface area contributed by atoms with E-state index in [-0.39, 0.29) is 9.92 Å². The summed E-state index contributed by atoms with van der Waals surface area (Å²) in [5.41, 5.74) is 0. The van der Waals surface area contributed by atoms with Crippen LogP contribution in [0, 0.1) is 10.1 Å². The van der Waals surface area contributed by atoms with Gasteiger partial charge in [0.2, 0.25) is 0 Å². The number of rotatable bonds is 1. The molecular formula is C16H9NO2S. The van der Waals surface area contributed by atoms with Crippen molar-refractivity contribution in [2.45, 2.75) is 0 Å². The molecule has 0 unspecified atom stereocenters. The Hall–Kier alpha value is -2.46. The fourth-order valence-electron chi connectivity index (χ4n) is 2.66. The van der Waals surface area contributed by atoms with Gasteiger partial charge in [0, 0.05) is 21.5 Å². The first-order valence-corrected chi connectivity index (χ1v) is 7.04. The van der Waals surface area contributed by atoms with Crippen LogP contribution in [0.5, 0.6) is 0 Å². The quantitative estimate of drug-likeness (QED) is 0.276. The predicted octanol–water partition coefficient (Wildman–Crippen LogP) is 5.12. The second kappa shape index (κ2) is 4.02. The summed E-state index contributed by atoms with van der Waals surface area (Å²) < 4.78 is 0.992. The first kappa shape index (κ1) is 11.4. The van der Waals surface area contributed by atoms with Crippen LogP contribution in [0.2, 0.25) is 0 Å². The third-order valence-electron chi connectivity index (χ3n) is 3.56. The van der Waals surface area contributed by atoms with Crippen LogP contribution >= 0.6 is 11.3 Å². The molecule has 0 aliphatic rings. The van der Waals surface area contributed by atoms with E-state index in [1.54, 1.807) is 6.07 Å². The highest BCUT2D eigenvalue weighted by molar-refractivity contribution is 7.23. The van der Waals surface area contributed by atoms with Crippen molar-refractivity contribution in [3.8, 4) is 0 Å². The summed E-state index contributed by atoms with van der Waals surface area (Å²) in [7, 11) is 0. The van der Waals surface area contributed by atoms with E-state index in [0.29, 0.717) is 0 Å². The minimum atomic E-state index is -0.318. The smallest absolute Gasteiger partial charge is 0.258 e. The molecule has 3 aromatic carbocycles. The van der Waals surface area contributed by atoms with Gasteiger partial charge in [-0.25, -0.2) is 0 Å². The van der Waals surface area contributed by atoms with Crippen LogP contribution in [0.25, 0.3) is 31.6 Å². The zero-order valence-corrected chi connectivity index (χ0v) is 11.2. The second-order valence-corrected chi connectivity index (χ2v) is 5.74. The lowest BCUT2D eigenvalue weighted by molar-refractivity contribution is -0.380. The zero-order chi connectivity index (χ0) is 13.7. The van der Waals surface area contributed by atoms with Gasteiger partial charge in [0.25, 0.3) is 0 Å². The molecule has 3 nitrogen and oxygen atoms in total. The van der Waals surface area contributed by atoms with Crippen molar-refractivity contribution in [1.82, 2.24) is 0 Å². The molecule has 0 fully saturated rings. The largest absolute Gasteiger partial charge is 0.325 e. The van der Waals surface area contributed by atoms with Gasteiger partial charge in [-0.1, -0.05) is 59.9 Å². The van der Waals surface area contributed by atoms with Gasteiger partial charge < -0.3 is 0 Å². The Bertz CT molecular complexity index is 988. The summed E-state index contributed by atoms with van der Waals surface area (Å²) in [6.07, 6.45) is 0. The van der Waals surface area contributed by atoms with Crippen LogP contribution in [-0.2, 0) is 0 Å². The molecule has 20 heavy (non-hydrogen) atoms. The molecule has 0 bridgehead atoms. The van der Waals surface area contributed by atoms with E-state index in [1.807, 2.05) is 24.3 Å². The molecule has 0 atom stereocenters. The Morgan fingerprint density at radius 1 is 0.900 bits per heavy atom. The van der Waals surface area contributed by atoms with Crippen LogP contribution < -0.4 is 0 Å². The first-order valence-electron chi connectivity index (χ1n) is 6.22. The number of hydrogen-bond donors (Lipinski definition) is 0. The Kier molecular flexibility index (Phi) is 2.28. The average Bonchev–Trinajstić information content (AvgIpc) is 2.91. The average molecular weight is 279 g/mol. The standard InChI is InChI=1S/C16H9NO2S/c18-17(19)14-9-12-8-7-11-6-5-10-3-1-2-4-13(10)15(11)16(12)20-14/h1-9H. The SMILES string of the molecule is O=[N+]([O-])c1cc2ccc3ccc4ccccc4c3c2s1. The van der Waals surface area contributed by atoms with Crippen molar-refractivity contribution in [2.75, 3.05) is 0 Å². The molecule has 1 heterocycles. The number of thiophene rings is 1. The molecule has 0 aliphatic carbocycles. The van der Waals surface area contributed by atoms with Crippen LogP contribution in [0.1, 0.15) is 0 Å². The molecule has 0 radical (unpaired) electrons. The summed E-state index contributed by atoms with van der Waals surface area (Å²) in [5, 5.41) is 16.6. The maximum absolute atomic E-state index is 11.0. The minimum Gasteiger partial charge on any atom is -0.258 e. The molecule has 0 saturated heterocycles. The highest BCUT2D eigenvalue weighted by Crippen LogP contribution is 2.39. The summed E-state index contributed by atoms with van der Waals surface area (Å²) in [6, 6.07) is 17.9. The number of nitro groups is 1. The Morgan fingerprint density at radius 2 is 1.60 bits per heavy atom. The number of hydrogen-bond acceptors (Lipinski definition) is 3. The molecular weight excluding hydrogens is 270 g/mol. The maximum atomic E-state index is 11.0. The van der Waals surface area contributed by atoms with Gasteiger partial charge in [-0.2, -0.15) is 0 Å². The van der Waals surface area contributed by atoms with Crippen LogP contribution in [-0.4, -0.2) is 4.92 Å². The van der Waals surface area contributed by atoms with E-state index in [4.69, 9.17) is 0 Å². The Labute approximate surface area is 118 Å². The second-order valence-electron chi connectivity index (χ2n) is 4.71. The van der Waals surface area contributed by atoms with Crippen LogP contribution in [0.4, 0.5) is 5.00 Å². The molecule has 0 amide bonds. The first-order chi connectivity index (χ1) is 9.74. The van der Waals surface area contributed by atoms with Crippen molar-refractivity contribution in [3.63, 3.8) is 0 Å². The van der Waals surface area contributed by atoms with E-state index >= 15 is 0 Å². The van der Waals surface area contributed by atoms with Crippen molar-refractivity contribution >= 4 is 48.0 Å². The van der Waals surface area contributed by atoms with Crippen molar-refractivity contribution in [3.05, 3.63) is 64.7 Å². The molecule has 4 heteroatoms. The fourth-order valence-corrected chi connectivity index (χ4v) is 3.71. The highest BCUT2D eigenvalue weighted by atomic mass is 32.1. The molecule has 0 aliphatic heterocycles. The highest BCUT2D eigenvalue weighted by Gasteiger charge is 2.14. The summed E-state index contributed by atoms with van der Waals surface area (Å²) in [5.74, 6) is 0. The van der Waals surface area contributed by atoms with E-state index < -0.39 is 0 Å². The van der Waals surface area contributed by atoms with Gasteiger partial charge >= 0.3 is 5.00 Å². The van der Waals surface area contributed by atoms with Crippen molar-refractivity contribution in [1.29, 1.82) is 0 Å². The minimum absolute atomic E-state index is 0.195. The topological polar surface area (TPSA) is 43.1 Å². The van der Waals surface area contributed by atoms with E-state index in [1.165, 1.54) is 11.3 Å². The van der Waals surface area contributed by atoms with E-state index in [2.05, 4.69) is 24.3 Å². The Morgan fingerprint density at radius 3 is 2.40 bits per heavy atom.